The maximum Gasteiger partial charge on any atom is 0.258 e. The molecule has 2 aromatic rings. The number of carbonyl (C=O) groups excluding carboxylic acids is 1. The lowest BCUT2D eigenvalue weighted by molar-refractivity contribution is 0.0224. The average molecular weight is 413 g/mol. The summed E-state index contributed by atoms with van der Waals surface area (Å²) >= 11 is 0. The molecule has 7 heteroatoms. The fourth-order valence-electron chi connectivity index (χ4n) is 4.21. The van der Waals surface area contributed by atoms with Crippen molar-refractivity contribution in [3.63, 3.8) is 0 Å². The summed E-state index contributed by atoms with van der Waals surface area (Å²) in [5.41, 5.74) is 1.13. The number of hydrogen-bond acceptors (Lipinski definition) is 6. The lowest BCUT2D eigenvalue weighted by atomic mass is 9.95. The maximum atomic E-state index is 13.4. The van der Waals surface area contributed by atoms with Crippen molar-refractivity contribution in [2.45, 2.75) is 39.0 Å². The summed E-state index contributed by atoms with van der Waals surface area (Å²) in [5, 5.41) is 4.13. The molecular weight excluding hydrogens is 380 g/mol. The van der Waals surface area contributed by atoms with Gasteiger partial charge >= 0.3 is 0 Å². The van der Waals surface area contributed by atoms with E-state index in [0.29, 0.717) is 28.8 Å². The Balaban J connectivity index is 1.50. The molecule has 0 spiro atoms. The molecular formula is C23H32N4O3. The van der Waals surface area contributed by atoms with Crippen LogP contribution < -0.4 is 0 Å². The monoisotopic (exact) mass is 412 g/mol. The third-order valence-corrected chi connectivity index (χ3v) is 5.91. The van der Waals surface area contributed by atoms with Crippen LogP contribution in [0.5, 0.6) is 0 Å². The molecule has 0 N–H and O–H groups in total. The predicted molar refractivity (Wildman–Crippen MR) is 114 cm³/mol. The van der Waals surface area contributed by atoms with Crippen LogP contribution in [0.2, 0.25) is 0 Å². The molecule has 162 valence electrons. The zero-order chi connectivity index (χ0) is 21.1. The molecule has 0 saturated carbocycles. The van der Waals surface area contributed by atoms with E-state index >= 15 is 0 Å². The summed E-state index contributed by atoms with van der Waals surface area (Å²) in [6, 6.07) is 7.56. The Morgan fingerprint density at radius 2 is 1.93 bits per heavy atom. The highest BCUT2D eigenvalue weighted by atomic mass is 16.5. The minimum Gasteiger partial charge on any atom is -0.379 e. The molecule has 0 bridgehead atoms. The van der Waals surface area contributed by atoms with Gasteiger partial charge in [-0.1, -0.05) is 38.1 Å². The van der Waals surface area contributed by atoms with Gasteiger partial charge in [0.25, 0.3) is 11.8 Å². The summed E-state index contributed by atoms with van der Waals surface area (Å²) in [6.45, 7) is 12.3. The van der Waals surface area contributed by atoms with Gasteiger partial charge in [0.05, 0.1) is 24.3 Å². The maximum absolute atomic E-state index is 13.4. The van der Waals surface area contributed by atoms with Crippen LogP contribution in [0.15, 0.2) is 28.8 Å². The van der Waals surface area contributed by atoms with E-state index in [-0.39, 0.29) is 11.3 Å². The number of amides is 1. The first-order chi connectivity index (χ1) is 14.4. The van der Waals surface area contributed by atoms with E-state index in [0.717, 1.165) is 52.4 Å². The normalized spacial score (nSPS) is 21.0. The zero-order valence-corrected chi connectivity index (χ0v) is 18.3. The molecule has 4 rings (SSSR count). The minimum absolute atomic E-state index is 0.0489. The number of hydrogen-bond donors (Lipinski definition) is 0. The van der Waals surface area contributed by atoms with Crippen molar-refractivity contribution >= 4 is 5.91 Å². The molecule has 7 nitrogen and oxygen atoms in total. The van der Waals surface area contributed by atoms with Gasteiger partial charge in [-0.3, -0.25) is 9.69 Å². The Kier molecular flexibility index (Phi) is 6.20. The Bertz CT molecular complexity index is 867. The number of piperidine rings is 1. The molecule has 1 amide bonds. The van der Waals surface area contributed by atoms with Crippen LogP contribution in [0.3, 0.4) is 0 Å². The third-order valence-electron chi connectivity index (χ3n) is 5.91. The van der Waals surface area contributed by atoms with E-state index in [1.807, 2.05) is 49.9 Å². The topological polar surface area (TPSA) is 71.7 Å². The lowest BCUT2D eigenvalue weighted by Crippen LogP contribution is -2.46. The SMILES string of the molecule is CC(C)(C)c1noc(-c2ccccc2C(=O)N2CCCC(CN3CCOCC3)C2)n1. The van der Waals surface area contributed by atoms with Gasteiger partial charge in [-0.25, -0.2) is 0 Å². The Morgan fingerprint density at radius 3 is 2.67 bits per heavy atom. The summed E-state index contributed by atoms with van der Waals surface area (Å²) < 4.78 is 11.0. The standard InChI is InChI=1S/C23H32N4O3/c1-23(2,3)22-24-20(30-25-22)18-8-4-5-9-19(18)21(28)27-10-6-7-17(16-27)15-26-11-13-29-14-12-26/h4-5,8-9,17H,6-7,10-16H2,1-3H3. The van der Waals surface area contributed by atoms with Gasteiger partial charge in [0, 0.05) is 38.1 Å². The molecule has 1 unspecified atom stereocenters. The summed E-state index contributed by atoms with van der Waals surface area (Å²) in [5.74, 6) is 1.60. The number of carbonyl (C=O) groups is 1. The molecule has 2 fully saturated rings. The molecule has 2 aliphatic rings. The van der Waals surface area contributed by atoms with E-state index in [4.69, 9.17) is 9.26 Å². The highest BCUT2D eigenvalue weighted by Gasteiger charge is 2.29. The van der Waals surface area contributed by atoms with Crippen molar-refractivity contribution in [1.82, 2.24) is 19.9 Å². The molecule has 2 aliphatic heterocycles. The minimum atomic E-state index is -0.208. The Labute approximate surface area is 178 Å². The van der Waals surface area contributed by atoms with E-state index in [2.05, 4.69) is 15.0 Å². The van der Waals surface area contributed by atoms with Crippen LogP contribution in [0.25, 0.3) is 11.5 Å². The Morgan fingerprint density at radius 1 is 1.17 bits per heavy atom. The molecule has 1 aromatic heterocycles. The van der Waals surface area contributed by atoms with Crippen LogP contribution in [0.4, 0.5) is 0 Å². The first kappa shape index (κ1) is 21.0. The average Bonchev–Trinajstić information content (AvgIpc) is 3.25. The molecule has 3 heterocycles. The van der Waals surface area contributed by atoms with Gasteiger partial charge in [0.1, 0.15) is 0 Å². The van der Waals surface area contributed by atoms with Crippen LogP contribution in [0, 0.1) is 5.92 Å². The second-order valence-corrected chi connectivity index (χ2v) is 9.39. The first-order valence-corrected chi connectivity index (χ1v) is 10.9. The van der Waals surface area contributed by atoms with Gasteiger partial charge < -0.3 is 14.2 Å². The van der Waals surface area contributed by atoms with E-state index in [1.165, 1.54) is 6.42 Å². The number of morpholine rings is 1. The summed E-state index contributed by atoms with van der Waals surface area (Å²) in [7, 11) is 0. The van der Waals surface area contributed by atoms with E-state index in [9.17, 15) is 4.79 Å². The van der Waals surface area contributed by atoms with Crippen LogP contribution >= 0.6 is 0 Å². The fraction of sp³-hybridized carbons (Fsp3) is 0.609. The van der Waals surface area contributed by atoms with Gasteiger partial charge in [-0.2, -0.15) is 4.98 Å². The largest absolute Gasteiger partial charge is 0.379 e. The smallest absolute Gasteiger partial charge is 0.258 e. The van der Waals surface area contributed by atoms with Gasteiger partial charge in [0.15, 0.2) is 5.82 Å². The molecule has 1 atom stereocenters. The molecule has 0 radical (unpaired) electrons. The number of benzene rings is 1. The van der Waals surface area contributed by atoms with Crippen molar-refractivity contribution < 1.29 is 14.1 Å². The predicted octanol–water partition coefficient (Wildman–Crippen LogP) is 3.22. The fourth-order valence-corrected chi connectivity index (χ4v) is 4.21. The second kappa shape index (κ2) is 8.86. The van der Waals surface area contributed by atoms with Gasteiger partial charge in [-0.15, -0.1) is 0 Å². The number of rotatable bonds is 4. The van der Waals surface area contributed by atoms with E-state index in [1.54, 1.807) is 0 Å². The lowest BCUT2D eigenvalue weighted by Gasteiger charge is -2.37. The molecule has 30 heavy (non-hydrogen) atoms. The summed E-state index contributed by atoms with van der Waals surface area (Å²) in [4.78, 5) is 22.5. The van der Waals surface area contributed by atoms with Crippen molar-refractivity contribution in [3.8, 4) is 11.5 Å². The van der Waals surface area contributed by atoms with E-state index < -0.39 is 0 Å². The quantitative estimate of drug-likeness (QED) is 0.768. The third kappa shape index (κ3) is 4.73. The molecule has 1 aromatic carbocycles. The molecule has 0 aliphatic carbocycles. The second-order valence-electron chi connectivity index (χ2n) is 9.39. The number of ether oxygens (including phenoxy) is 1. The van der Waals surface area contributed by atoms with Gasteiger partial charge in [0.2, 0.25) is 0 Å². The number of nitrogens with zero attached hydrogens (tertiary/aromatic N) is 4. The highest BCUT2D eigenvalue weighted by Crippen LogP contribution is 2.28. The highest BCUT2D eigenvalue weighted by molar-refractivity contribution is 6.00. The summed E-state index contributed by atoms with van der Waals surface area (Å²) in [6.07, 6.45) is 2.21. The van der Waals surface area contributed by atoms with Gasteiger partial charge in [-0.05, 0) is 30.9 Å². The number of aromatic nitrogens is 2. The number of likely N-dealkylation sites (tertiary alicyclic amines) is 1. The first-order valence-electron chi connectivity index (χ1n) is 10.9. The Hall–Kier alpha value is -2.25. The van der Waals surface area contributed by atoms with Crippen molar-refractivity contribution in [2.24, 2.45) is 5.92 Å². The zero-order valence-electron chi connectivity index (χ0n) is 18.3. The molecule has 2 saturated heterocycles. The van der Waals surface area contributed by atoms with Crippen LogP contribution in [0.1, 0.15) is 49.8 Å². The van der Waals surface area contributed by atoms with Crippen LogP contribution in [-0.2, 0) is 10.2 Å². The van der Waals surface area contributed by atoms with Crippen molar-refractivity contribution in [2.75, 3.05) is 45.9 Å². The van der Waals surface area contributed by atoms with Crippen molar-refractivity contribution in [3.05, 3.63) is 35.7 Å². The van der Waals surface area contributed by atoms with Crippen molar-refractivity contribution in [1.29, 1.82) is 0 Å². The van der Waals surface area contributed by atoms with Crippen LogP contribution in [-0.4, -0.2) is 71.8 Å².